The van der Waals surface area contributed by atoms with Crippen LogP contribution in [-0.2, 0) is 4.79 Å². The van der Waals surface area contributed by atoms with Crippen molar-refractivity contribution in [3.05, 3.63) is 24.0 Å². The van der Waals surface area contributed by atoms with Gasteiger partial charge in [-0.05, 0) is 19.1 Å². The Morgan fingerprint density at radius 2 is 2.24 bits per heavy atom. The first-order valence-corrected chi connectivity index (χ1v) is 7.26. The van der Waals surface area contributed by atoms with Crippen molar-refractivity contribution in [1.82, 2.24) is 4.90 Å². The second-order valence-electron chi connectivity index (χ2n) is 4.47. The molecule has 2 rings (SSSR count). The number of methoxy groups -OCH3 is 1. The number of hydrogen-bond donors (Lipinski definition) is 2. The number of thioether (sulfide) groups is 1. The summed E-state index contributed by atoms with van der Waals surface area (Å²) in [7, 11) is 1.43. The molecule has 1 fully saturated rings. The van der Waals surface area contributed by atoms with Crippen LogP contribution in [0.25, 0.3) is 0 Å². The number of carboxylic acids is 1. The lowest BCUT2D eigenvalue weighted by molar-refractivity contribution is -0.141. The molecule has 1 aromatic rings. The number of carbonyl (C=O) groups is 2. The summed E-state index contributed by atoms with van der Waals surface area (Å²) in [6, 6.07) is 2.38. The van der Waals surface area contributed by atoms with Crippen LogP contribution in [0.3, 0.4) is 0 Å². The van der Waals surface area contributed by atoms with E-state index in [-0.39, 0.29) is 11.1 Å². The van der Waals surface area contributed by atoms with E-state index in [9.17, 15) is 14.0 Å². The predicted molar refractivity (Wildman–Crippen MR) is 77.2 cm³/mol. The fraction of sp³-hybridized carbons (Fsp3) is 0.385. The molecule has 2 N–H and O–H groups in total. The third kappa shape index (κ3) is 3.21. The number of hydrogen-bond acceptors (Lipinski definition) is 4. The Hall–Kier alpha value is -1.96. The first kappa shape index (κ1) is 15.4. The van der Waals surface area contributed by atoms with Crippen molar-refractivity contribution in [2.75, 3.05) is 18.2 Å². The molecule has 0 radical (unpaired) electrons. The van der Waals surface area contributed by atoms with Gasteiger partial charge in [-0.2, -0.15) is 0 Å². The summed E-state index contributed by atoms with van der Waals surface area (Å²) in [5, 5.41) is 11.2. The number of ether oxygens (including phenoxy) is 1. The number of rotatable bonds is 3. The van der Waals surface area contributed by atoms with Crippen LogP contribution in [0.5, 0.6) is 5.75 Å². The van der Waals surface area contributed by atoms with Crippen LogP contribution in [-0.4, -0.2) is 46.3 Å². The topological polar surface area (TPSA) is 78.9 Å². The normalized spacial score (nSPS) is 21.2. The highest BCUT2D eigenvalue weighted by molar-refractivity contribution is 8.00. The third-order valence-corrected chi connectivity index (χ3v) is 4.38. The van der Waals surface area contributed by atoms with E-state index in [1.165, 1.54) is 42.0 Å². The van der Waals surface area contributed by atoms with Gasteiger partial charge in [0.05, 0.1) is 18.2 Å². The zero-order valence-electron chi connectivity index (χ0n) is 11.5. The van der Waals surface area contributed by atoms with Crippen LogP contribution in [0.15, 0.2) is 18.2 Å². The number of nitrogens with one attached hydrogen (secondary N) is 1. The van der Waals surface area contributed by atoms with Gasteiger partial charge in [0.2, 0.25) is 0 Å². The summed E-state index contributed by atoms with van der Waals surface area (Å²) in [6.07, 6.45) is 0. The van der Waals surface area contributed by atoms with Gasteiger partial charge >= 0.3 is 12.0 Å². The largest absolute Gasteiger partial charge is 0.497 e. The Bertz CT molecular complexity index is 569. The maximum absolute atomic E-state index is 13.7. The highest BCUT2D eigenvalue weighted by Crippen LogP contribution is 2.30. The van der Waals surface area contributed by atoms with Gasteiger partial charge in [0.25, 0.3) is 0 Å². The summed E-state index contributed by atoms with van der Waals surface area (Å²) >= 11 is 1.36. The van der Waals surface area contributed by atoms with Crippen LogP contribution in [0.1, 0.15) is 6.92 Å². The molecule has 8 heteroatoms. The minimum atomic E-state index is -1.08. The molecule has 114 valence electrons. The molecule has 0 aromatic heterocycles. The molecular formula is C13H15FN2O4S. The maximum Gasteiger partial charge on any atom is 0.327 e. The second-order valence-corrected chi connectivity index (χ2v) is 5.82. The number of carbonyl (C=O) groups excluding carboxylic acids is 1. The van der Waals surface area contributed by atoms with Crippen molar-refractivity contribution in [3.63, 3.8) is 0 Å². The SMILES string of the molecule is COc1ccc(F)c(NC(=O)N2C(C)SCC2C(=O)O)c1. The van der Waals surface area contributed by atoms with Crippen molar-refractivity contribution in [2.24, 2.45) is 0 Å². The molecule has 21 heavy (non-hydrogen) atoms. The summed E-state index contributed by atoms with van der Waals surface area (Å²) in [5.41, 5.74) is -0.0485. The quantitative estimate of drug-likeness (QED) is 0.894. The average molecular weight is 314 g/mol. The lowest BCUT2D eigenvalue weighted by atomic mass is 10.2. The monoisotopic (exact) mass is 314 g/mol. The zero-order chi connectivity index (χ0) is 15.6. The Morgan fingerprint density at radius 1 is 1.52 bits per heavy atom. The van der Waals surface area contributed by atoms with E-state index in [1.807, 2.05) is 0 Å². The molecule has 2 atom stereocenters. The molecular weight excluding hydrogens is 299 g/mol. The summed E-state index contributed by atoms with van der Waals surface area (Å²) in [4.78, 5) is 24.6. The standard InChI is InChI=1S/C13H15FN2O4S/c1-7-16(11(6-21-7)12(17)18)13(19)15-10-5-8(20-2)3-4-9(10)14/h3-5,7,11H,6H2,1-2H3,(H,15,19)(H,17,18). The second kappa shape index (κ2) is 6.21. The molecule has 1 heterocycles. The van der Waals surface area contributed by atoms with Crippen molar-refractivity contribution in [1.29, 1.82) is 0 Å². The van der Waals surface area contributed by atoms with E-state index in [1.54, 1.807) is 6.92 Å². The van der Waals surface area contributed by atoms with Crippen molar-refractivity contribution in [3.8, 4) is 5.75 Å². The Balaban J connectivity index is 2.19. The summed E-state index contributed by atoms with van der Waals surface area (Å²) in [5.74, 6) is -0.987. The van der Waals surface area contributed by atoms with Gasteiger partial charge in [-0.15, -0.1) is 11.8 Å². The van der Waals surface area contributed by atoms with Gasteiger partial charge in [-0.1, -0.05) is 0 Å². The molecule has 0 bridgehead atoms. The van der Waals surface area contributed by atoms with E-state index in [0.29, 0.717) is 11.5 Å². The molecule has 0 spiro atoms. The third-order valence-electron chi connectivity index (χ3n) is 3.16. The van der Waals surface area contributed by atoms with Gasteiger partial charge < -0.3 is 15.2 Å². The summed E-state index contributed by atoms with van der Waals surface area (Å²) in [6.45, 7) is 1.73. The maximum atomic E-state index is 13.7. The zero-order valence-corrected chi connectivity index (χ0v) is 12.3. The Morgan fingerprint density at radius 3 is 2.86 bits per heavy atom. The minimum absolute atomic E-state index is 0.0485. The lowest BCUT2D eigenvalue weighted by Gasteiger charge is -2.25. The fourth-order valence-electron chi connectivity index (χ4n) is 2.05. The molecule has 2 unspecified atom stereocenters. The van der Waals surface area contributed by atoms with Crippen molar-refractivity contribution < 1.29 is 23.8 Å². The van der Waals surface area contributed by atoms with Crippen LogP contribution >= 0.6 is 11.8 Å². The number of halogens is 1. The predicted octanol–water partition coefficient (Wildman–Crippen LogP) is 2.21. The van der Waals surface area contributed by atoms with Gasteiger partial charge in [0.15, 0.2) is 0 Å². The number of aliphatic carboxylic acids is 1. The number of carboxylic acid groups (broad SMARTS) is 1. The Kier molecular flexibility index (Phi) is 4.56. The Labute approximate surface area is 125 Å². The highest BCUT2D eigenvalue weighted by Gasteiger charge is 2.39. The van der Waals surface area contributed by atoms with E-state index in [0.717, 1.165) is 0 Å². The molecule has 1 aliphatic rings. The van der Waals surface area contributed by atoms with Gasteiger partial charge in [-0.3, -0.25) is 4.90 Å². The van der Waals surface area contributed by atoms with Crippen LogP contribution < -0.4 is 10.1 Å². The first-order valence-electron chi connectivity index (χ1n) is 6.21. The first-order chi connectivity index (χ1) is 9.93. The highest BCUT2D eigenvalue weighted by atomic mass is 32.2. The number of urea groups is 1. The van der Waals surface area contributed by atoms with Gasteiger partial charge in [0.1, 0.15) is 17.6 Å². The fourth-order valence-corrected chi connectivity index (χ4v) is 3.22. The van der Waals surface area contributed by atoms with Gasteiger partial charge in [-0.25, -0.2) is 14.0 Å². The molecule has 0 saturated carbocycles. The van der Waals surface area contributed by atoms with E-state index >= 15 is 0 Å². The smallest absolute Gasteiger partial charge is 0.327 e. The van der Waals surface area contributed by atoms with Crippen molar-refractivity contribution in [2.45, 2.75) is 18.3 Å². The molecule has 6 nitrogen and oxygen atoms in total. The van der Waals surface area contributed by atoms with E-state index in [4.69, 9.17) is 9.84 Å². The van der Waals surface area contributed by atoms with Crippen LogP contribution in [0.4, 0.5) is 14.9 Å². The molecule has 1 aromatic carbocycles. The van der Waals surface area contributed by atoms with Gasteiger partial charge in [0, 0.05) is 11.8 Å². The number of amides is 2. The molecule has 1 saturated heterocycles. The molecule has 2 amide bonds. The number of benzene rings is 1. The van der Waals surface area contributed by atoms with Crippen LogP contribution in [0, 0.1) is 5.82 Å². The van der Waals surface area contributed by atoms with E-state index < -0.39 is 23.9 Å². The summed E-state index contributed by atoms with van der Waals surface area (Å²) < 4.78 is 18.7. The molecule has 1 aliphatic heterocycles. The van der Waals surface area contributed by atoms with Crippen LogP contribution in [0.2, 0.25) is 0 Å². The number of anilines is 1. The average Bonchev–Trinajstić information content (AvgIpc) is 2.83. The van der Waals surface area contributed by atoms with E-state index in [2.05, 4.69) is 5.32 Å². The molecule has 0 aliphatic carbocycles. The van der Waals surface area contributed by atoms with Crippen molar-refractivity contribution >= 4 is 29.4 Å². The minimum Gasteiger partial charge on any atom is -0.497 e. The lowest BCUT2D eigenvalue weighted by Crippen LogP contribution is -2.46. The number of nitrogens with zero attached hydrogens (tertiary/aromatic N) is 1.